The highest BCUT2D eigenvalue weighted by Gasteiger charge is 2.30. The molecule has 1 fully saturated rings. The van der Waals surface area contributed by atoms with Crippen molar-refractivity contribution in [2.45, 2.75) is 50.2 Å². The molecule has 1 aromatic heterocycles. The third-order valence-corrected chi connectivity index (χ3v) is 7.39. The van der Waals surface area contributed by atoms with E-state index in [4.69, 9.17) is 4.74 Å². The van der Waals surface area contributed by atoms with Crippen LogP contribution in [0.3, 0.4) is 0 Å². The van der Waals surface area contributed by atoms with Crippen LogP contribution in [0.15, 0.2) is 65.8 Å². The Hall–Kier alpha value is -3.50. The van der Waals surface area contributed by atoms with Crippen molar-refractivity contribution in [3.05, 3.63) is 66.5 Å². The van der Waals surface area contributed by atoms with Crippen LogP contribution in [0.25, 0.3) is 10.8 Å². The second-order valence-corrected chi connectivity index (χ2v) is 11.4. The minimum absolute atomic E-state index is 0. The number of piperidine rings is 1. The zero-order chi connectivity index (χ0) is 25.9. The fourth-order valence-corrected chi connectivity index (χ4v) is 5.61. The maximum absolute atomic E-state index is 13.4. The van der Waals surface area contributed by atoms with Gasteiger partial charge in [0.25, 0.3) is 5.91 Å². The fourth-order valence-electron chi connectivity index (χ4n) is 4.10. The molecule has 0 aliphatic carbocycles. The number of carbonyl (C=O) groups is 2. The smallest absolute Gasteiger partial charge is 0.410 e. The molecule has 194 valence electrons. The average molecular weight is 515 g/mol. The van der Waals surface area contributed by atoms with Gasteiger partial charge in [-0.15, -0.1) is 0 Å². The predicted molar refractivity (Wildman–Crippen MR) is 142 cm³/mol. The maximum atomic E-state index is 13.4. The Balaban J connectivity index is 0.00000253. The van der Waals surface area contributed by atoms with Crippen molar-refractivity contribution in [2.24, 2.45) is 0 Å². The number of sulfonamides is 1. The van der Waals surface area contributed by atoms with E-state index in [1.807, 2.05) is 20.8 Å². The van der Waals surface area contributed by atoms with Crippen molar-refractivity contribution in [1.29, 1.82) is 0 Å². The molecule has 10 heteroatoms. The van der Waals surface area contributed by atoms with Crippen molar-refractivity contribution in [3.63, 3.8) is 0 Å². The molecule has 2 heterocycles. The number of amides is 2. The van der Waals surface area contributed by atoms with Gasteiger partial charge in [0.15, 0.2) is 0 Å². The number of rotatable bonds is 5. The first-order chi connectivity index (χ1) is 17.0. The van der Waals surface area contributed by atoms with E-state index in [-0.39, 0.29) is 19.7 Å². The Morgan fingerprint density at radius 2 is 1.72 bits per heavy atom. The lowest BCUT2D eigenvalue weighted by Gasteiger charge is -2.33. The van der Waals surface area contributed by atoms with Crippen LogP contribution in [-0.4, -0.2) is 55.0 Å². The van der Waals surface area contributed by atoms with Crippen LogP contribution in [0.1, 0.15) is 46.8 Å². The summed E-state index contributed by atoms with van der Waals surface area (Å²) in [7, 11) is -3.86. The normalized spacial score (nSPS) is 15.0. The minimum Gasteiger partial charge on any atom is -0.444 e. The maximum Gasteiger partial charge on any atom is 0.410 e. The van der Waals surface area contributed by atoms with E-state index in [1.54, 1.807) is 53.6 Å². The van der Waals surface area contributed by atoms with Gasteiger partial charge in [-0.3, -0.25) is 9.78 Å². The number of aromatic nitrogens is 1. The van der Waals surface area contributed by atoms with Gasteiger partial charge in [0.1, 0.15) is 5.60 Å². The lowest BCUT2D eigenvalue weighted by Crippen LogP contribution is -2.47. The topological polar surface area (TPSA) is 118 Å². The molecule has 36 heavy (non-hydrogen) atoms. The molecule has 2 N–H and O–H groups in total. The minimum atomic E-state index is -3.86. The van der Waals surface area contributed by atoms with Crippen molar-refractivity contribution >= 4 is 38.5 Å². The van der Waals surface area contributed by atoms with Crippen LogP contribution in [0.4, 0.5) is 10.5 Å². The molecule has 0 bridgehead atoms. The van der Waals surface area contributed by atoms with Gasteiger partial charge in [-0.2, -0.15) is 0 Å². The lowest BCUT2D eigenvalue weighted by atomic mass is 10.1. The number of hydrogen-bond donors (Lipinski definition) is 2. The first-order valence-corrected chi connectivity index (χ1v) is 13.3. The standard InChI is InChI=1S/C26H30N4O5S.2H2/c1-26(2,3)35-25(32)30-15-12-19(13-16-30)29-36(33,34)23-11-10-22(20-8-4-5-9-21(20)23)28-24(31)18-7-6-14-27-17-18;;/h4-11,14,17,19,29H,12-13,15-16H2,1-3H3,(H,28,31);2*1H. The summed E-state index contributed by atoms with van der Waals surface area (Å²) < 4.78 is 34.9. The van der Waals surface area contributed by atoms with Gasteiger partial charge in [-0.05, 0) is 57.9 Å². The molecule has 1 aliphatic heterocycles. The highest BCUT2D eigenvalue weighted by atomic mass is 32.2. The molecule has 1 saturated heterocycles. The van der Waals surface area contributed by atoms with E-state index in [0.717, 1.165) is 0 Å². The van der Waals surface area contributed by atoms with Crippen LogP contribution >= 0.6 is 0 Å². The molecule has 1 aliphatic rings. The highest BCUT2D eigenvalue weighted by Crippen LogP contribution is 2.30. The van der Waals surface area contributed by atoms with E-state index in [1.165, 1.54) is 12.3 Å². The Morgan fingerprint density at radius 1 is 1.03 bits per heavy atom. The summed E-state index contributed by atoms with van der Waals surface area (Å²) in [5.74, 6) is -0.335. The van der Waals surface area contributed by atoms with Crippen LogP contribution in [0, 0.1) is 0 Å². The fraction of sp³-hybridized carbons (Fsp3) is 0.346. The number of benzene rings is 2. The van der Waals surface area contributed by atoms with Crippen molar-refractivity contribution in [2.75, 3.05) is 18.4 Å². The van der Waals surface area contributed by atoms with Gasteiger partial charge in [-0.25, -0.2) is 17.9 Å². The summed E-state index contributed by atoms with van der Waals surface area (Å²) in [6.07, 6.45) is 3.62. The second-order valence-electron chi connectivity index (χ2n) is 9.72. The van der Waals surface area contributed by atoms with E-state index in [9.17, 15) is 18.0 Å². The Labute approximate surface area is 213 Å². The van der Waals surface area contributed by atoms with Crippen LogP contribution in [0.2, 0.25) is 0 Å². The number of fused-ring (bicyclic) bond motifs is 1. The number of carbonyl (C=O) groups excluding carboxylic acids is 2. The Morgan fingerprint density at radius 3 is 2.36 bits per heavy atom. The van der Waals surface area contributed by atoms with Gasteiger partial charge >= 0.3 is 6.09 Å². The van der Waals surface area contributed by atoms with Gasteiger partial charge in [0.05, 0.1) is 10.5 Å². The van der Waals surface area contributed by atoms with Crippen LogP contribution in [-0.2, 0) is 14.8 Å². The third kappa shape index (κ3) is 6.00. The first kappa shape index (κ1) is 25.6. The lowest BCUT2D eigenvalue weighted by molar-refractivity contribution is 0.0203. The van der Waals surface area contributed by atoms with Gasteiger partial charge in [-0.1, -0.05) is 24.3 Å². The first-order valence-electron chi connectivity index (χ1n) is 11.8. The molecule has 4 rings (SSSR count). The van der Waals surface area contributed by atoms with Crippen molar-refractivity contribution in [3.8, 4) is 0 Å². The zero-order valence-corrected chi connectivity index (χ0v) is 21.3. The van der Waals surface area contributed by atoms with Gasteiger partial charge in [0, 0.05) is 50.8 Å². The Bertz CT molecular complexity index is 1370. The third-order valence-electron chi connectivity index (χ3n) is 5.81. The summed E-state index contributed by atoms with van der Waals surface area (Å²) in [5, 5.41) is 3.96. The second kappa shape index (κ2) is 10.2. The summed E-state index contributed by atoms with van der Waals surface area (Å²) in [5.41, 5.74) is 0.321. The quantitative estimate of drug-likeness (QED) is 0.511. The molecule has 0 atom stereocenters. The van der Waals surface area contributed by atoms with E-state index >= 15 is 0 Å². The summed E-state index contributed by atoms with van der Waals surface area (Å²) in [6.45, 7) is 6.24. The average Bonchev–Trinajstić information content (AvgIpc) is 2.83. The van der Waals surface area contributed by atoms with Crippen LogP contribution < -0.4 is 10.0 Å². The van der Waals surface area contributed by atoms with E-state index in [0.29, 0.717) is 48.0 Å². The number of nitrogens with zero attached hydrogens (tertiary/aromatic N) is 2. The largest absolute Gasteiger partial charge is 0.444 e. The SMILES string of the molecule is CC(C)(C)OC(=O)N1CCC(NS(=O)(=O)c2ccc(NC(=O)c3cccnc3)c3ccccc23)CC1.[HH].[HH]. The molecule has 0 radical (unpaired) electrons. The van der Waals surface area contributed by atoms with Gasteiger partial charge < -0.3 is 15.0 Å². The van der Waals surface area contributed by atoms with Crippen molar-refractivity contribution in [1.82, 2.24) is 14.6 Å². The molecule has 2 aromatic carbocycles. The van der Waals surface area contributed by atoms with Crippen LogP contribution in [0.5, 0.6) is 0 Å². The number of nitrogens with one attached hydrogen (secondary N) is 2. The number of anilines is 1. The number of hydrogen-bond acceptors (Lipinski definition) is 6. The van der Waals surface area contributed by atoms with Gasteiger partial charge in [0.2, 0.25) is 10.0 Å². The summed E-state index contributed by atoms with van der Waals surface area (Å²) in [6, 6.07) is 13.1. The molecule has 3 aromatic rings. The van der Waals surface area contributed by atoms with E-state index < -0.39 is 21.7 Å². The number of ether oxygens (including phenoxy) is 1. The molecular formula is C26H34N4O5S. The molecule has 0 unspecified atom stereocenters. The number of pyridine rings is 1. The van der Waals surface area contributed by atoms with E-state index in [2.05, 4.69) is 15.0 Å². The molecule has 0 spiro atoms. The number of likely N-dealkylation sites (tertiary alicyclic amines) is 1. The molecule has 2 amide bonds. The highest BCUT2D eigenvalue weighted by molar-refractivity contribution is 7.89. The zero-order valence-electron chi connectivity index (χ0n) is 20.5. The summed E-state index contributed by atoms with van der Waals surface area (Å²) >= 11 is 0. The monoisotopic (exact) mass is 514 g/mol. The predicted octanol–water partition coefficient (Wildman–Crippen LogP) is 4.66. The Kier molecular flexibility index (Phi) is 7.28. The van der Waals surface area contributed by atoms with Crippen molar-refractivity contribution < 1.29 is 25.6 Å². The molecular weight excluding hydrogens is 480 g/mol. The summed E-state index contributed by atoms with van der Waals surface area (Å²) in [4.78, 5) is 30.6. The molecule has 9 nitrogen and oxygen atoms in total. The molecule has 0 saturated carbocycles.